The smallest absolute Gasteiger partial charge is 0.269 e. The Balaban J connectivity index is 1.82. The Kier molecular flexibility index (Phi) is 3.82. The number of carbonyl (C=O) groups excluding carboxylic acids is 1. The molecule has 0 bridgehead atoms. The molecule has 6 nitrogen and oxygen atoms in total. The molecule has 2 aromatic heterocycles. The molecule has 1 aliphatic rings. The monoisotopic (exact) mass is 339 g/mol. The van der Waals surface area contributed by atoms with Crippen molar-refractivity contribution in [2.75, 3.05) is 0 Å². The number of fused-ring (bicyclic) bond motifs is 1. The van der Waals surface area contributed by atoms with Crippen LogP contribution in [0.15, 0.2) is 16.3 Å². The number of nitrogens with zero attached hydrogens (tertiary/aromatic N) is 2. The number of carbonyl (C=O) groups is 1. The van der Waals surface area contributed by atoms with Gasteiger partial charge in [-0.2, -0.15) is 5.10 Å². The number of sulfonamides is 1. The van der Waals surface area contributed by atoms with Crippen LogP contribution in [0.3, 0.4) is 0 Å². The number of aromatic nitrogens is 2. The van der Waals surface area contributed by atoms with Crippen LogP contribution >= 0.6 is 11.3 Å². The number of hydrogen-bond acceptors (Lipinski definition) is 5. The summed E-state index contributed by atoms with van der Waals surface area (Å²) in [5.41, 5.74) is 2.04. The quantitative estimate of drug-likeness (QED) is 0.927. The van der Waals surface area contributed by atoms with E-state index in [9.17, 15) is 13.2 Å². The molecule has 3 heterocycles. The molecular weight excluding hydrogens is 322 g/mol. The van der Waals surface area contributed by atoms with Crippen LogP contribution in [0.25, 0.3) is 0 Å². The zero-order valence-electron chi connectivity index (χ0n) is 12.4. The largest absolute Gasteiger partial charge is 0.285 e. The lowest BCUT2D eigenvalue weighted by atomic mass is 10.1. The highest BCUT2D eigenvalue weighted by Gasteiger charge is 2.24. The maximum atomic E-state index is 12.3. The fraction of sp³-hybridized carbons (Fsp3) is 0.429. The molecule has 0 radical (unpaired) electrons. The molecule has 2 aromatic rings. The second-order valence-electron chi connectivity index (χ2n) is 5.44. The van der Waals surface area contributed by atoms with Crippen molar-refractivity contribution in [1.82, 2.24) is 14.5 Å². The standard InChI is InChI=1S/C14H17N3O3S2/c1-9-7-13(21-10(9)2)22(19,20)16-14(18)12-8-11-5-3-4-6-17(11)15-12/h7-8H,3-6H2,1-2H3,(H,16,18). The molecule has 22 heavy (non-hydrogen) atoms. The number of aryl methyl sites for hydroxylation is 4. The molecule has 0 unspecified atom stereocenters. The molecule has 0 fully saturated rings. The van der Waals surface area contributed by atoms with Crippen LogP contribution in [-0.2, 0) is 23.0 Å². The summed E-state index contributed by atoms with van der Waals surface area (Å²) in [6.45, 7) is 4.47. The first-order valence-corrected chi connectivity index (χ1v) is 9.38. The van der Waals surface area contributed by atoms with E-state index in [1.54, 1.807) is 16.8 Å². The lowest BCUT2D eigenvalue weighted by Gasteiger charge is -2.11. The van der Waals surface area contributed by atoms with E-state index in [0.29, 0.717) is 0 Å². The molecule has 1 N–H and O–H groups in total. The van der Waals surface area contributed by atoms with Crippen LogP contribution in [0, 0.1) is 13.8 Å². The van der Waals surface area contributed by atoms with Gasteiger partial charge >= 0.3 is 0 Å². The van der Waals surface area contributed by atoms with Gasteiger partial charge in [-0.15, -0.1) is 11.3 Å². The third-order valence-electron chi connectivity index (χ3n) is 3.78. The van der Waals surface area contributed by atoms with Gasteiger partial charge in [0.05, 0.1) is 0 Å². The molecule has 1 amide bonds. The topological polar surface area (TPSA) is 81.1 Å². The Morgan fingerprint density at radius 1 is 1.32 bits per heavy atom. The molecule has 118 valence electrons. The Morgan fingerprint density at radius 2 is 2.09 bits per heavy atom. The summed E-state index contributed by atoms with van der Waals surface area (Å²) in [7, 11) is -3.84. The summed E-state index contributed by atoms with van der Waals surface area (Å²) >= 11 is 1.16. The normalized spacial score (nSPS) is 14.6. The SMILES string of the molecule is Cc1cc(S(=O)(=O)NC(=O)c2cc3n(n2)CCCC3)sc1C. The van der Waals surface area contributed by atoms with Gasteiger partial charge in [-0.3, -0.25) is 9.48 Å². The minimum absolute atomic E-state index is 0.153. The summed E-state index contributed by atoms with van der Waals surface area (Å²) in [5, 5.41) is 4.19. The van der Waals surface area contributed by atoms with E-state index in [0.717, 1.165) is 53.3 Å². The summed E-state index contributed by atoms with van der Waals surface area (Å²) in [5.74, 6) is -0.675. The van der Waals surface area contributed by atoms with Gasteiger partial charge in [0.2, 0.25) is 0 Å². The average Bonchev–Trinajstić information content (AvgIpc) is 3.03. The first-order chi connectivity index (χ1) is 10.4. The second-order valence-corrected chi connectivity index (χ2v) is 8.61. The molecule has 0 spiro atoms. The number of thiophene rings is 1. The molecule has 0 saturated heterocycles. The number of nitrogens with one attached hydrogen (secondary N) is 1. The minimum Gasteiger partial charge on any atom is -0.269 e. The van der Waals surface area contributed by atoms with Gasteiger partial charge in [-0.05, 0) is 50.8 Å². The summed E-state index contributed by atoms with van der Waals surface area (Å²) < 4.78 is 28.6. The Labute approximate surface area is 133 Å². The van der Waals surface area contributed by atoms with Crippen molar-refractivity contribution in [3.63, 3.8) is 0 Å². The van der Waals surface area contributed by atoms with Crippen LogP contribution in [0.1, 0.15) is 39.5 Å². The first kappa shape index (κ1) is 15.2. The van der Waals surface area contributed by atoms with Crippen LogP contribution in [0.5, 0.6) is 0 Å². The van der Waals surface area contributed by atoms with Gasteiger partial charge in [0.15, 0.2) is 5.69 Å². The Bertz CT molecular complexity index is 791. The molecule has 3 rings (SSSR count). The first-order valence-electron chi connectivity index (χ1n) is 7.08. The van der Waals surface area contributed by atoms with Gasteiger partial charge in [0.25, 0.3) is 15.9 Å². The van der Waals surface area contributed by atoms with Crippen molar-refractivity contribution in [1.29, 1.82) is 0 Å². The van der Waals surface area contributed by atoms with E-state index >= 15 is 0 Å². The predicted octanol–water partition coefficient (Wildman–Crippen LogP) is 2.02. The van der Waals surface area contributed by atoms with Crippen LogP contribution in [-0.4, -0.2) is 24.1 Å². The highest BCUT2D eigenvalue weighted by Crippen LogP contribution is 2.25. The molecule has 8 heteroatoms. The van der Waals surface area contributed by atoms with E-state index in [4.69, 9.17) is 0 Å². The third kappa shape index (κ3) is 2.80. The molecule has 0 aromatic carbocycles. The van der Waals surface area contributed by atoms with Crippen molar-refractivity contribution < 1.29 is 13.2 Å². The van der Waals surface area contributed by atoms with E-state index in [-0.39, 0.29) is 9.90 Å². The van der Waals surface area contributed by atoms with Crippen molar-refractivity contribution in [2.45, 2.75) is 43.9 Å². The molecule has 0 saturated carbocycles. The van der Waals surface area contributed by atoms with Gasteiger partial charge in [-0.25, -0.2) is 13.1 Å². The number of rotatable bonds is 3. The lowest BCUT2D eigenvalue weighted by Crippen LogP contribution is -2.30. The molecule has 0 aliphatic carbocycles. The molecule has 1 aliphatic heterocycles. The van der Waals surface area contributed by atoms with Crippen LogP contribution in [0.4, 0.5) is 0 Å². The van der Waals surface area contributed by atoms with Crippen LogP contribution < -0.4 is 4.72 Å². The average molecular weight is 339 g/mol. The summed E-state index contributed by atoms with van der Waals surface area (Å²) in [6.07, 6.45) is 2.97. The van der Waals surface area contributed by atoms with Gasteiger partial charge in [-0.1, -0.05) is 0 Å². The minimum atomic E-state index is -3.84. The fourth-order valence-electron chi connectivity index (χ4n) is 2.43. The van der Waals surface area contributed by atoms with Gasteiger partial charge in [0.1, 0.15) is 4.21 Å². The van der Waals surface area contributed by atoms with Crippen molar-refractivity contribution in [3.8, 4) is 0 Å². The summed E-state index contributed by atoms with van der Waals surface area (Å²) in [6, 6.07) is 3.25. The fourth-order valence-corrected chi connectivity index (χ4v) is 4.90. The van der Waals surface area contributed by atoms with Crippen molar-refractivity contribution in [2.24, 2.45) is 0 Å². The van der Waals surface area contributed by atoms with Gasteiger partial charge in [0, 0.05) is 17.1 Å². The van der Waals surface area contributed by atoms with Gasteiger partial charge < -0.3 is 0 Å². The number of hydrogen-bond donors (Lipinski definition) is 1. The van der Waals surface area contributed by atoms with E-state index in [1.807, 2.05) is 13.8 Å². The summed E-state index contributed by atoms with van der Waals surface area (Å²) in [4.78, 5) is 13.1. The Hall–Kier alpha value is -1.67. The molecule has 0 atom stereocenters. The Morgan fingerprint density at radius 3 is 2.73 bits per heavy atom. The highest BCUT2D eigenvalue weighted by atomic mass is 32.2. The molecular formula is C14H17N3O3S2. The van der Waals surface area contributed by atoms with Crippen molar-refractivity contribution >= 4 is 27.3 Å². The van der Waals surface area contributed by atoms with E-state index in [2.05, 4.69) is 9.82 Å². The number of amides is 1. The predicted molar refractivity (Wildman–Crippen MR) is 83.6 cm³/mol. The van der Waals surface area contributed by atoms with E-state index in [1.165, 1.54) is 0 Å². The maximum Gasteiger partial charge on any atom is 0.285 e. The van der Waals surface area contributed by atoms with Crippen LogP contribution in [0.2, 0.25) is 0 Å². The third-order valence-corrected chi connectivity index (χ3v) is 6.74. The highest BCUT2D eigenvalue weighted by molar-refractivity contribution is 7.92. The van der Waals surface area contributed by atoms with E-state index < -0.39 is 15.9 Å². The maximum absolute atomic E-state index is 12.3. The lowest BCUT2D eigenvalue weighted by molar-refractivity contribution is 0.0975. The second kappa shape index (κ2) is 5.51. The van der Waals surface area contributed by atoms with Crippen molar-refractivity contribution in [3.05, 3.63) is 34.0 Å². The zero-order valence-corrected chi connectivity index (χ0v) is 14.1. The zero-order chi connectivity index (χ0) is 15.9.